The average molecular weight is 388 g/mol. The summed E-state index contributed by atoms with van der Waals surface area (Å²) in [6, 6.07) is 7.68. The lowest BCUT2D eigenvalue weighted by atomic mass is 9.94. The number of carbonyl (C=O) groups is 2. The van der Waals surface area contributed by atoms with Crippen LogP contribution in [0.15, 0.2) is 24.3 Å². The Labute approximate surface area is 167 Å². The third kappa shape index (κ3) is 5.04. The zero-order chi connectivity index (χ0) is 19.9. The number of nitrogens with zero attached hydrogens (tertiary/aromatic N) is 2. The van der Waals surface area contributed by atoms with Gasteiger partial charge in [-0.1, -0.05) is 31.4 Å². The van der Waals surface area contributed by atoms with Crippen LogP contribution in [0.5, 0.6) is 0 Å². The number of rotatable bonds is 6. The SMILES string of the molecule is CCN(C(=O)CNc1ccccc1C(=O)N1CCCC(O)C1)C1CCCCC1. The summed E-state index contributed by atoms with van der Waals surface area (Å²) >= 11 is 0. The predicted molar refractivity (Wildman–Crippen MR) is 110 cm³/mol. The van der Waals surface area contributed by atoms with Crippen LogP contribution >= 0.6 is 0 Å². The number of para-hydroxylation sites is 1. The fraction of sp³-hybridized carbons (Fsp3) is 0.636. The van der Waals surface area contributed by atoms with Gasteiger partial charge >= 0.3 is 0 Å². The van der Waals surface area contributed by atoms with E-state index in [0.29, 0.717) is 30.4 Å². The molecule has 0 aromatic heterocycles. The van der Waals surface area contributed by atoms with Gasteiger partial charge in [-0.25, -0.2) is 0 Å². The van der Waals surface area contributed by atoms with Gasteiger partial charge in [0.15, 0.2) is 0 Å². The highest BCUT2D eigenvalue weighted by Crippen LogP contribution is 2.23. The van der Waals surface area contributed by atoms with Crippen molar-refractivity contribution in [1.29, 1.82) is 0 Å². The van der Waals surface area contributed by atoms with Crippen LogP contribution in [0.25, 0.3) is 0 Å². The first-order valence-electron chi connectivity index (χ1n) is 10.7. The Morgan fingerprint density at radius 3 is 2.61 bits per heavy atom. The number of β-amino-alcohol motifs (C(OH)–C–C–N with tert-alkyl or cyclic N) is 1. The maximum Gasteiger partial charge on any atom is 0.256 e. The standard InChI is InChI=1S/C22H33N3O3/c1-2-25(17-9-4-3-5-10-17)21(27)15-23-20-13-7-6-12-19(20)22(28)24-14-8-11-18(26)16-24/h6-7,12-13,17-18,23,26H,2-5,8-11,14-16H2,1H3. The highest BCUT2D eigenvalue weighted by Gasteiger charge is 2.26. The number of likely N-dealkylation sites (N-methyl/N-ethyl adjacent to an activating group) is 1. The molecule has 1 aromatic carbocycles. The summed E-state index contributed by atoms with van der Waals surface area (Å²) < 4.78 is 0. The molecule has 1 heterocycles. The first-order valence-corrected chi connectivity index (χ1v) is 10.7. The van der Waals surface area contributed by atoms with Gasteiger partial charge in [0.25, 0.3) is 5.91 Å². The quantitative estimate of drug-likeness (QED) is 0.787. The number of amides is 2. The van der Waals surface area contributed by atoms with Crippen molar-refractivity contribution >= 4 is 17.5 Å². The van der Waals surface area contributed by atoms with Crippen LogP contribution in [0.3, 0.4) is 0 Å². The van der Waals surface area contributed by atoms with Crippen LogP contribution in [0.1, 0.15) is 62.2 Å². The largest absolute Gasteiger partial charge is 0.391 e. The maximum atomic E-state index is 12.9. The van der Waals surface area contributed by atoms with Crippen LogP contribution in [0, 0.1) is 0 Å². The van der Waals surface area contributed by atoms with Gasteiger partial charge in [0, 0.05) is 31.4 Å². The molecular formula is C22H33N3O3. The molecule has 154 valence electrons. The fourth-order valence-corrected chi connectivity index (χ4v) is 4.44. The highest BCUT2D eigenvalue weighted by molar-refractivity contribution is 6.00. The second-order valence-corrected chi connectivity index (χ2v) is 7.92. The smallest absolute Gasteiger partial charge is 0.256 e. The lowest BCUT2D eigenvalue weighted by Crippen LogP contribution is -2.44. The zero-order valence-corrected chi connectivity index (χ0v) is 16.9. The molecule has 1 aromatic rings. The number of anilines is 1. The van der Waals surface area contributed by atoms with Crippen molar-refractivity contribution in [3.05, 3.63) is 29.8 Å². The van der Waals surface area contributed by atoms with Crippen molar-refractivity contribution in [2.75, 3.05) is 31.5 Å². The first kappa shape index (κ1) is 20.6. The predicted octanol–water partition coefficient (Wildman–Crippen LogP) is 2.88. The molecule has 2 aliphatic rings. The van der Waals surface area contributed by atoms with Crippen molar-refractivity contribution in [1.82, 2.24) is 9.80 Å². The molecule has 0 radical (unpaired) electrons. The molecule has 0 bridgehead atoms. The van der Waals surface area contributed by atoms with E-state index in [1.165, 1.54) is 19.3 Å². The third-order valence-electron chi connectivity index (χ3n) is 5.95. The fourth-order valence-electron chi connectivity index (χ4n) is 4.44. The molecule has 6 nitrogen and oxygen atoms in total. The van der Waals surface area contributed by atoms with E-state index in [4.69, 9.17) is 0 Å². The molecule has 1 atom stereocenters. The number of likely N-dealkylation sites (tertiary alicyclic amines) is 1. The summed E-state index contributed by atoms with van der Waals surface area (Å²) in [6.45, 7) is 3.98. The summed E-state index contributed by atoms with van der Waals surface area (Å²) in [5.74, 6) is -0.000950. The van der Waals surface area contributed by atoms with E-state index in [0.717, 1.165) is 32.2 Å². The molecule has 3 rings (SSSR count). The molecule has 1 unspecified atom stereocenters. The van der Waals surface area contributed by atoms with Crippen molar-refractivity contribution in [2.24, 2.45) is 0 Å². The summed E-state index contributed by atoms with van der Waals surface area (Å²) in [4.78, 5) is 29.4. The summed E-state index contributed by atoms with van der Waals surface area (Å²) in [6.07, 6.45) is 6.94. The molecule has 1 saturated heterocycles. The molecule has 1 aliphatic carbocycles. The number of carbonyl (C=O) groups excluding carboxylic acids is 2. The number of benzene rings is 1. The van der Waals surface area contributed by atoms with E-state index >= 15 is 0 Å². The van der Waals surface area contributed by atoms with Gasteiger partial charge in [0.1, 0.15) is 0 Å². The van der Waals surface area contributed by atoms with Crippen LogP contribution < -0.4 is 5.32 Å². The Hall–Kier alpha value is -2.08. The van der Waals surface area contributed by atoms with Gasteiger partial charge in [0.05, 0.1) is 18.2 Å². The minimum atomic E-state index is -0.451. The van der Waals surface area contributed by atoms with Gasteiger partial charge in [0.2, 0.25) is 5.91 Å². The third-order valence-corrected chi connectivity index (χ3v) is 5.95. The van der Waals surface area contributed by atoms with Crippen LogP contribution in [-0.2, 0) is 4.79 Å². The Balaban J connectivity index is 1.64. The number of aliphatic hydroxyl groups excluding tert-OH is 1. The lowest BCUT2D eigenvalue weighted by Gasteiger charge is -2.34. The maximum absolute atomic E-state index is 12.9. The van der Waals surface area contributed by atoms with Crippen LogP contribution in [0.4, 0.5) is 5.69 Å². The molecule has 2 fully saturated rings. The Morgan fingerprint density at radius 1 is 1.14 bits per heavy atom. The van der Waals surface area contributed by atoms with E-state index < -0.39 is 6.10 Å². The normalized spacial score (nSPS) is 20.6. The summed E-state index contributed by atoms with van der Waals surface area (Å²) in [5, 5.41) is 13.1. The zero-order valence-electron chi connectivity index (χ0n) is 16.9. The molecule has 28 heavy (non-hydrogen) atoms. The average Bonchev–Trinajstić information content (AvgIpc) is 2.73. The second-order valence-electron chi connectivity index (χ2n) is 7.92. The number of piperidine rings is 1. The summed E-state index contributed by atoms with van der Waals surface area (Å²) in [7, 11) is 0. The Bertz CT molecular complexity index is 673. The Morgan fingerprint density at radius 2 is 1.89 bits per heavy atom. The van der Waals surface area contributed by atoms with Gasteiger partial charge < -0.3 is 20.2 Å². The molecule has 0 spiro atoms. The van der Waals surface area contributed by atoms with E-state index in [2.05, 4.69) is 5.32 Å². The first-order chi connectivity index (χ1) is 13.6. The number of nitrogens with one attached hydrogen (secondary N) is 1. The van der Waals surface area contributed by atoms with Gasteiger partial charge in [-0.3, -0.25) is 9.59 Å². The second kappa shape index (κ2) is 9.92. The molecule has 1 aliphatic heterocycles. The molecule has 6 heteroatoms. The van der Waals surface area contributed by atoms with Crippen LogP contribution in [-0.4, -0.2) is 65.0 Å². The highest BCUT2D eigenvalue weighted by atomic mass is 16.3. The van der Waals surface area contributed by atoms with Crippen molar-refractivity contribution in [3.63, 3.8) is 0 Å². The number of hydrogen-bond acceptors (Lipinski definition) is 4. The number of aliphatic hydroxyl groups is 1. The van der Waals surface area contributed by atoms with Gasteiger partial charge in [-0.05, 0) is 44.7 Å². The minimum absolute atomic E-state index is 0.0880. The van der Waals surface area contributed by atoms with E-state index in [-0.39, 0.29) is 18.4 Å². The monoisotopic (exact) mass is 387 g/mol. The van der Waals surface area contributed by atoms with E-state index in [1.807, 2.05) is 30.0 Å². The number of hydrogen-bond donors (Lipinski definition) is 2. The van der Waals surface area contributed by atoms with Crippen molar-refractivity contribution in [2.45, 2.75) is 64.0 Å². The van der Waals surface area contributed by atoms with E-state index in [1.54, 1.807) is 11.0 Å². The van der Waals surface area contributed by atoms with Gasteiger partial charge in [-0.2, -0.15) is 0 Å². The lowest BCUT2D eigenvalue weighted by molar-refractivity contribution is -0.132. The molecule has 1 saturated carbocycles. The van der Waals surface area contributed by atoms with E-state index in [9.17, 15) is 14.7 Å². The topological polar surface area (TPSA) is 72.9 Å². The van der Waals surface area contributed by atoms with Gasteiger partial charge in [-0.15, -0.1) is 0 Å². The van der Waals surface area contributed by atoms with Crippen molar-refractivity contribution < 1.29 is 14.7 Å². The van der Waals surface area contributed by atoms with Crippen molar-refractivity contribution in [3.8, 4) is 0 Å². The minimum Gasteiger partial charge on any atom is -0.391 e. The molecular weight excluding hydrogens is 354 g/mol. The Kier molecular flexibility index (Phi) is 7.31. The molecule has 2 N–H and O–H groups in total. The van der Waals surface area contributed by atoms with Crippen LogP contribution in [0.2, 0.25) is 0 Å². The summed E-state index contributed by atoms with van der Waals surface area (Å²) in [5.41, 5.74) is 1.24. The molecule has 2 amide bonds.